The number of ether oxygens (including phenoxy) is 2. The van der Waals surface area contributed by atoms with Gasteiger partial charge in [-0.2, -0.15) is 0 Å². The zero-order valence-corrected chi connectivity index (χ0v) is 13.6. The molecule has 1 aromatic carbocycles. The Morgan fingerprint density at radius 1 is 1.12 bits per heavy atom. The number of nitrogens with zero attached hydrogens (tertiary/aromatic N) is 1. The monoisotopic (exact) mass is 333 g/mol. The minimum absolute atomic E-state index is 0.0779. The molecule has 1 aromatic rings. The van der Waals surface area contributed by atoms with Gasteiger partial charge in [0.25, 0.3) is 5.91 Å². The number of carboxylic acid groups (broad SMARTS) is 1. The summed E-state index contributed by atoms with van der Waals surface area (Å²) >= 11 is 0. The van der Waals surface area contributed by atoms with Crippen LogP contribution in [-0.4, -0.2) is 53.8 Å². The molecule has 0 radical (unpaired) electrons. The van der Waals surface area contributed by atoms with Crippen molar-refractivity contribution < 1.29 is 24.2 Å². The summed E-state index contributed by atoms with van der Waals surface area (Å²) < 4.78 is 11.1. The maximum absolute atomic E-state index is 12.5. The van der Waals surface area contributed by atoms with E-state index in [4.69, 9.17) is 14.6 Å². The maximum Gasteiger partial charge on any atom is 0.334 e. The standard InChI is InChI=1S/C18H23NO5/c20-17(19-10-11-23-16(12-19)18(21)22)13-6-8-15(9-7-13)24-14-4-2-1-3-5-14/h6-9,14,16H,1-5,10-12H2,(H,21,22). The molecule has 1 atom stereocenters. The first-order chi connectivity index (χ1) is 11.6. The van der Waals surface area contributed by atoms with E-state index in [-0.39, 0.29) is 25.2 Å². The normalized spacial score (nSPS) is 22.2. The maximum atomic E-state index is 12.5. The van der Waals surface area contributed by atoms with Gasteiger partial charge in [-0.05, 0) is 49.9 Å². The summed E-state index contributed by atoms with van der Waals surface area (Å²) in [5.41, 5.74) is 0.539. The number of carbonyl (C=O) groups excluding carboxylic acids is 1. The van der Waals surface area contributed by atoms with Crippen LogP contribution in [0.2, 0.25) is 0 Å². The van der Waals surface area contributed by atoms with Gasteiger partial charge in [-0.25, -0.2) is 4.79 Å². The van der Waals surface area contributed by atoms with Crippen molar-refractivity contribution >= 4 is 11.9 Å². The van der Waals surface area contributed by atoms with Crippen molar-refractivity contribution in [2.24, 2.45) is 0 Å². The lowest BCUT2D eigenvalue weighted by atomic mass is 9.98. The number of hydrogen-bond acceptors (Lipinski definition) is 4. The third kappa shape index (κ3) is 4.06. The van der Waals surface area contributed by atoms with Crippen LogP contribution >= 0.6 is 0 Å². The van der Waals surface area contributed by atoms with Crippen LogP contribution < -0.4 is 4.74 Å². The molecule has 6 nitrogen and oxygen atoms in total. The first kappa shape index (κ1) is 16.8. The van der Waals surface area contributed by atoms with Gasteiger partial charge in [0.05, 0.1) is 19.3 Å². The highest BCUT2D eigenvalue weighted by Gasteiger charge is 2.29. The smallest absolute Gasteiger partial charge is 0.334 e. The Labute approximate surface area is 141 Å². The molecule has 1 saturated carbocycles. The molecule has 1 N–H and O–H groups in total. The van der Waals surface area contributed by atoms with Gasteiger partial charge in [0, 0.05) is 12.1 Å². The van der Waals surface area contributed by atoms with Gasteiger partial charge < -0.3 is 19.5 Å². The lowest BCUT2D eigenvalue weighted by Crippen LogP contribution is -2.48. The van der Waals surface area contributed by atoms with Gasteiger partial charge >= 0.3 is 5.97 Å². The van der Waals surface area contributed by atoms with Crippen LogP contribution in [0.4, 0.5) is 0 Å². The molecule has 1 aliphatic carbocycles. The summed E-state index contributed by atoms with van der Waals surface area (Å²) in [6.45, 7) is 0.725. The van der Waals surface area contributed by atoms with Gasteiger partial charge in [-0.1, -0.05) is 6.42 Å². The van der Waals surface area contributed by atoms with E-state index in [0.717, 1.165) is 18.6 Å². The van der Waals surface area contributed by atoms with Crippen LogP contribution in [0.15, 0.2) is 24.3 Å². The molecule has 6 heteroatoms. The van der Waals surface area contributed by atoms with E-state index >= 15 is 0 Å². The predicted octanol–water partition coefficient (Wildman–Crippen LogP) is 2.32. The number of amides is 1. The summed E-state index contributed by atoms with van der Waals surface area (Å²) in [6.07, 6.45) is 5.21. The summed E-state index contributed by atoms with van der Waals surface area (Å²) in [5.74, 6) is -0.429. The van der Waals surface area contributed by atoms with E-state index in [1.54, 1.807) is 12.1 Å². The van der Waals surface area contributed by atoms with Crippen LogP contribution in [0.1, 0.15) is 42.5 Å². The van der Waals surface area contributed by atoms with E-state index in [1.807, 2.05) is 12.1 Å². The van der Waals surface area contributed by atoms with Crippen molar-refractivity contribution in [3.63, 3.8) is 0 Å². The third-order valence-electron chi connectivity index (χ3n) is 4.59. The molecule has 24 heavy (non-hydrogen) atoms. The molecule has 3 rings (SSSR count). The molecular weight excluding hydrogens is 310 g/mol. The van der Waals surface area contributed by atoms with Crippen molar-refractivity contribution in [2.45, 2.75) is 44.3 Å². The molecule has 2 fully saturated rings. The second-order valence-electron chi connectivity index (χ2n) is 6.35. The lowest BCUT2D eigenvalue weighted by Gasteiger charge is -2.31. The molecule has 1 unspecified atom stereocenters. The number of benzene rings is 1. The number of rotatable bonds is 4. The van der Waals surface area contributed by atoms with Gasteiger partial charge in [0.1, 0.15) is 5.75 Å². The van der Waals surface area contributed by atoms with Crippen LogP contribution in [0.3, 0.4) is 0 Å². The second kappa shape index (κ2) is 7.66. The van der Waals surface area contributed by atoms with Crippen molar-refractivity contribution in [2.75, 3.05) is 19.7 Å². The Morgan fingerprint density at radius 3 is 2.50 bits per heavy atom. The summed E-state index contributed by atoms with van der Waals surface area (Å²) in [4.78, 5) is 25.0. The van der Waals surface area contributed by atoms with Crippen LogP contribution in [0.5, 0.6) is 5.75 Å². The SMILES string of the molecule is O=C(O)C1CN(C(=O)c2ccc(OC3CCCCC3)cc2)CCO1. The highest BCUT2D eigenvalue weighted by atomic mass is 16.5. The first-order valence-electron chi connectivity index (χ1n) is 8.54. The van der Waals surface area contributed by atoms with Crippen LogP contribution in [-0.2, 0) is 9.53 Å². The largest absolute Gasteiger partial charge is 0.490 e. The zero-order chi connectivity index (χ0) is 16.9. The lowest BCUT2D eigenvalue weighted by molar-refractivity contribution is -0.154. The number of carboxylic acids is 1. The number of carbonyl (C=O) groups is 2. The van der Waals surface area contributed by atoms with Gasteiger partial charge in [-0.15, -0.1) is 0 Å². The Bertz CT molecular complexity index is 580. The van der Waals surface area contributed by atoms with Gasteiger partial charge in [-0.3, -0.25) is 4.79 Å². The molecule has 0 bridgehead atoms. The highest BCUT2D eigenvalue weighted by Crippen LogP contribution is 2.24. The van der Waals surface area contributed by atoms with Crippen molar-refractivity contribution in [3.8, 4) is 5.75 Å². The van der Waals surface area contributed by atoms with Crippen molar-refractivity contribution in [1.29, 1.82) is 0 Å². The molecule has 1 heterocycles. The summed E-state index contributed by atoms with van der Waals surface area (Å²) in [7, 11) is 0. The Balaban J connectivity index is 1.60. The number of aliphatic carboxylic acids is 1. The topological polar surface area (TPSA) is 76.1 Å². The van der Waals surface area contributed by atoms with Crippen molar-refractivity contribution in [3.05, 3.63) is 29.8 Å². The van der Waals surface area contributed by atoms with Crippen molar-refractivity contribution in [1.82, 2.24) is 4.90 Å². The highest BCUT2D eigenvalue weighted by molar-refractivity contribution is 5.94. The summed E-state index contributed by atoms with van der Waals surface area (Å²) in [6, 6.07) is 7.12. The fourth-order valence-electron chi connectivity index (χ4n) is 3.22. The Hall–Kier alpha value is -2.08. The Kier molecular flexibility index (Phi) is 5.35. The van der Waals surface area contributed by atoms with Gasteiger partial charge in [0.15, 0.2) is 6.10 Å². The molecule has 130 valence electrons. The summed E-state index contributed by atoms with van der Waals surface area (Å²) in [5, 5.41) is 9.02. The molecule has 2 aliphatic rings. The molecule has 1 saturated heterocycles. The molecule has 1 aliphatic heterocycles. The third-order valence-corrected chi connectivity index (χ3v) is 4.59. The van der Waals surface area contributed by atoms with Gasteiger partial charge in [0.2, 0.25) is 0 Å². The number of hydrogen-bond donors (Lipinski definition) is 1. The van der Waals surface area contributed by atoms with E-state index in [2.05, 4.69) is 0 Å². The van der Waals surface area contributed by atoms with Crippen LogP contribution in [0, 0.1) is 0 Å². The quantitative estimate of drug-likeness (QED) is 0.915. The minimum atomic E-state index is -1.04. The van der Waals surface area contributed by atoms with E-state index in [1.165, 1.54) is 24.2 Å². The average molecular weight is 333 g/mol. The second-order valence-corrected chi connectivity index (χ2v) is 6.35. The fourth-order valence-corrected chi connectivity index (χ4v) is 3.22. The Morgan fingerprint density at radius 2 is 1.83 bits per heavy atom. The van der Waals surface area contributed by atoms with E-state index in [0.29, 0.717) is 12.1 Å². The van der Waals surface area contributed by atoms with E-state index in [9.17, 15) is 9.59 Å². The van der Waals surface area contributed by atoms with Crippen LogP contribution in [0.25, 0.3) is 0 Å². The molecule has 0 spiro atoms. The predicted molar refractivity (Wildman–Crippen MR) is 87.2 cm³/mol. The minimum Gasteiger partial charge on any atom is -0.490 e. The molecule has 0 aromatic heterocycles. The zero-order valence-electron chi connectivity index (χ0n) is 13.6. The van der Waals surface area contributed by atoms with E-state index < -0.39 is 12.1 Å². The molecular formula is C18H23NO5. The fraction of sp³-hybridized carbons (Fsp3) is 0.556. The number of morpholine rings is 1. The first-order valence-corrected chi connectivity index (χ1v) is 8.54. The molecule has 1 amide bonds. The average Bonchev–Trinajstić information content (AvgIpc) is 2.63.